The van der Waals surface area contributed by atoms with Crippen molar-refractivity contribution in [2.75, 3.05) is 13.9 Å². The van der Waals surface area contributed by atoms with E-state index in [9.17, 15) is 0 Å². The summed E-state index contributed by atoms with van der Waals surface area (Å²) >= 11 is 0. The van der Waals surface area contributed by atoms with E-state index >= 15 is 0 Å². The molecule has 3 atom stereocenters. The lowest BCUT2D eigenvalue weighted by atomic mass is 9.95. The molecule has 4 nitrogen and oxygen atoms in total. The molecule has 1 saturated heterocycles. The highest BCUT2D eigenvalue weighted by Gasteiger charge is 2.28. The van der Waals surface area contributed by atoms with E-state index in [0.29, 0.717) is 5.76 Å². The zero-order valence-electron chi connectivity index (χ0n) is 10.1. The Balaban J connectivity index is 1.79. The predicted molar refractivity (Wildman–Crippen MR) is 63.9 cm³/mol. The van der Waals surface area contributed by atoms with Crippen LogP contribution >= 0.6 is 0 Å². The first-order valence-corrected chi connectivity index (χ1v) is 5.91. The van der Waals surface area contributed by atoms with Crippen LogP contribution in [-0.2, 0) is 18.9 Å². The largest absolute Gasteiger partial charge is 0.497 e. The van der Waals surface area contributed by atoms with Gasteiger partial charge in [-0.3, -0.25) is 0 Å². The summed E-state index contributed by atoms with van der Waals surface area (Å²) in [4.78, 5) is 0. The van der Waals surface area contributed by atoms with Gasteiger partial charge in [0.1, 0.15) is 6.10 Å². The molecule has 3 unspecified atom stereocenters. The Morgan fingerprint density at radius 1 is 1.33 bits per heavy atom. The van der Waals surface area contributed by atoms with Gasteiger partial charge in [0.05, 0.1) is 18.3 Å². The average molecular weight is 246 g/mol. The van der Waals surface area contributed by atoms with Crippen molar-refractivity contribution in [2.45, 2.75) is 18.6 Å². The smallest absolute Gasteiger partial charge is 0.231 e. The van der Waals surface area contributed by atoms with Crippen LogP contribution in [0.4, 0.5) is 0 Å². The van der Waals surface area contributed by atoms with Gasteiger partial charge in [-0.25, -0.2) is 0 Å². The van der Waals surface area contributed by atoms with E-state index in [1.54, 1.807) is 19.4 Å². The third kappa shape index (κ3) is 2.09. The van der Waals surface area contributed by atoms with Gasteiger partial charge < -0.3 is 18.9 Å². The zero-order chi connectivity index (χ0) is 12.4. The number of allylic oxidation sites excluding steroid dienone is 1. The van der Waals surface area contributed by atoms with E-state index in [4.69, 9.17) is 18.9 Å². The van der Waals surface area contributed by atoms with Crippen LogP contribution in [0.3, 0.4) is 0 Å². The van der Waals surface area contributed by atoms with Crippen LogP contribution < -0.4 is 0 Å². The van der Waals surface area contributed by atoms with Crippen LogP contribution in [0.1, 0.15) is 6.42 Å². The second kappa shape index (κ2) is 4.79. The molecule has 2 aliphatic heterocycles. The molecule has 0 bridgehead atoms. The first-order chi connectivity index (χ1) is 8.86. The number of hydrogen-bond acceptors (Lipinski definition) is 4. The lowest BCUT2D eigenvalue weighted by molar-refractivity contribution is 0.0291. The molecular formula is C14H14O4. The topological polar surface area (TPSA) is 36.9 Å². The van der Waals surface area contributed by atoms with Crippen LogP contribution in [0.5, 0.6) is 0 Å². The maximum absolute atomic E-state index is 5.63. The van der Waals surface area contributed by atoms with E-state index in [1.165, 1.54) is 0 Å². The lowest BCUT2D eigenvalue weighted by Gasteiger charge is -2.27. The van der Waals surface area contributed by atoms with E-state index in [0.717, 1.165) is 12.2 Å². The molecule has 1 aliphatic carbocycles. The number of fused-ring (bicyclic) bond motifs is 1. The Morgan fingerprint density at radius 3 is 3.11 bits per heavy atom. The molecule has 0 amide bonds. The molecule has 2 heterocycles. The second-order valence-corrected chi connectivity index (χ2v) is 4.27. The van der Waals surface area contributed by atoms with Crippen molar-refractivity contribution >= 4 is 0 Å². The highest BCUT2D eigenvalue weighted by molar-refractivity contribution is 5.37. The van der Waals surface area contributed by atoms with Crippen molar-refractivity contribution in [3.63, 3.8) is 0 Å². The standard InChI is InChI=1S/C14H14O4/c1-15-11-5-6-16-13(8-11)10-3-2-4-12-14(7-10)18-9-17-12/h4-7,10-11,13H,8-9H2,1H3. The van der Waals surface area contributed by atoms with Crippen molar-refractivity contribution in [3.05, 3.63) is 36.0 Å². The van der Waals surface area contributed by atoms with Gasteiger partial charge in [0.2, 0.25) is 6.79 Å². The molecule has 0 spiro atoms. The van der Waals surface area contributed by atoms with E-state index in [1.807, 2.05) is 12.2 Å². The Labute approximate surface area is 106 Å². The molecule has 18 heavy (non-hydrogen) atoms. The molecule has 3 aliphatic rings. The fraction of sp³-hybridized carbons (Fsp3) is 0.429. The van der Waals surface area contributed by atoms with Gasteiger partial charge in [0.25, 0.3) is 0 Å². The third-order valence-electron chi connectivity index (χ3n) is 3.17. The van der Waals surface area contributed by atoms with Crippen molar-refractivity contribution in [2.24, 2.45) is 5.92 Å². The zero-order valence-corrected chi connectivity index (χ0v) is 10.1. The normalized spacial score (nSPS) is 32.6. The molecule has 3 rings (SSSR count). The number of ether oxygens (including phenoxy) is 4. The number of rotatable bonds is 2. The van der Waals surface area contributed by atoms with Gasteiger partial charge in [-0.2, -0.15) is 0 Å². The van der Waals surface area contributed by atoms with Gasteiger partial charge >= 0.3 is 0 Å². The Hall–Kier alpha value is -1.86. The molecule has 4 heteroatoms. The number of methoxy groups -OCH3 is 1. The van der Waals surface area contributed by atoms with Gasteiger partial charge in [-0.05, 0) is 12.2 Å². The summed E-state index contributed by atoms with van der Waals surface area (Å²) in [5, 5.41) is 0. The minimum atomic E-state index is -0.0168. The van der Waals surface area contributed by atoms with E-state index in [-0.39, 0.29) is 24.9 Å². The van der Waals surface area contributed by atoms with Crippen molar-refractivity contribution in [1.82, 2.24) is 0 Å². The quantitative estimate of drug-likeness (QED) is 0.695. The molecule has 1 fully saturated rings. The summed E-state index contributed by atoms with van der Waals surface area (Å²) in [6.45, 7) is 0.262. The van der Waals surface area contributed by atoms with E-state index < -0.39 is 0 Å². The van der Waals surface area contributed by atoms with Gasteiger partial charge in [-0.1, -0.05) is 11.8 Å². The van der Waals surface area contributed by atoms with E-state index in [2.05, 4.69) is 11.8 Å². The van der Waals surface area contributed by atoms with Gasteiger partial charge in [0.15, 0.2) is 11.5 Å². The highest BCUT2D eigenvalue weighted by atomic mass is 16.7. The third-order valence-corrected chi connectivity index (χ3v) is 3.17. The molecule has 0 aromatic rings. The molecule has 0 N–H and O–H groups in total. The molecule has 0 radical (unpaired) electrons. The molecule has 0 aromatic carbocycles. The fourth-order valence-corrected chi connectivity index (χ4v) is 2.15. The summed E-state index contributed by atoms with van der Waals surface area (Å²) in [5.41, 5.74) is 0. The summed E-state index contributed by atoms with van der Waals surface area (Å²) in [7, 11) is 1.70. The van der Waals surface area contributed by atoms with Crippen LogP contribution in [0.25, 0.3) is 0 Å². The molecule has 0 saturated carbocycles. The molecular weight excluding hydrogens is 232 g/mol. The first-order valence-electron chi connectivity index (χ1n) is 5.91. The lowest BCUT2D eigenvalue weighted by Crippen LogP contribution is -2.29. The molecule has 94 valence electrons. The monoisotopic (exact) mass is 246 g/mol. The average Bonchev–Trinajstić information content (AvgIpc) is 2.76. The Bertz CT molecular complexity index is 478. The maximum Gasteiger partial charge on any atom is 0.231 e. The first kappa shape index (κ1) is 11.2. The van der Waals surface area contributed by atoms with Crippen molar-refractivity contribution in [1.29, 1.82) is 0 Å². The van der Waals surface area contributed by atoms with Crippen LogP contribution in [-0.4, -0.2) is 26.1 Å². The predicted octanol–water partition coefficient (Wildman–Crippen LogP) is 1.71. The maximum atomic E-state index is 5.63. The SMILES string of the molecule is COC1C=COC(C2C#CC=C3OCOC3=C2)C1. The Kier molecular flexibility index (Phi) is 2.99. The fourth-order valence-electron chi connectivity index (χ4n) is 2.15. The second-order valence-electron chi connectivity index (χ2n) is 4.27. The van der Waals surface area contributed by atoms with Crippen LogP contribution in [0, 0.1) is 17.8 Å². The highest BCUT2D eigenvalue weighted by Crippen LogP contribution is 2.28. The molecule has 0 aromatic heterocycles. The minimum absolute atomic E-state index is 0.0157. The van der Waals surface area contributed by atoms with Crippen molar-refractivity contribution < 1.29 is 18.9 Å². The Morgan fingerprint density at radius 2 is 2.22 bits per heavy atom. The van der Waals surface area contributed by atoms with Gasteiger partial charge in [0, 0.05) is 19.6 Å². The summed E-state index contributed by atoms with van der Waals surface area (Å²) < 4.78 is 21.7. The minimum Gasteiger partial charge on any atom is -0.497 e. The summed E-state index contributed by atoms with van der Waals surface area (Å²) in [6, 6.07) is 0. The number of hydrogen-bond donors (Lipinski definition) is 0. The van der Waals surface area contributed by atoms with Crippen LogP contribution in [0.15, 0.2) is 36.0 Å². The van der Waals surface area contributed by atoms with Crippen LogP contribution in [0.2, 0.25) is 0 Å². The summed E-state index contributed by atoms with van der Waals surface area (Å²) in [5.74, 6) is 7.56. The van der Waals surface area contributed by atoms with Crippen molar-refractivity contribution in [3.8, 4) is 11.8 Å². The van der Waals surface area contributed by atoms with Gasteiger partial charge in [-0.15, -0.1) is 0 Å². The summed E-state index contributed by atoms with van der Waals surface area (Å²) in [6.07, 6.45) is 8.16.